The monoisotopic (exact) mass is 1600 g/mol. The van der Waals surface area contributed by atoms with Gasteiger partial charge in [-0.2, -0.15) is 0 Å². The Kier molecular flexibility index (Phi) is 26.6. The molecule has 0 unspecified atom stereocenters. The summed E-state index contributed by atoms with van der Waals surface area (Å²) in [6.07, 6.45) is 3.38. The van der Waals surface area contributed by atoms with Crippen LogP contribution in [0.3, 0.4) is 0 Å². The normalized spacial score (nSPS) is 13.8. The van der Waals surface area contributed by atoms with Crippen molar-refractivity contribution in [2.24, 2.45) is 0 Å². The molecule has 0 bridgehead atoms. The summed E-state index contributed by atoms with van der Waals surface area (Å²) in [6, 6.07) is 74.4. The number of thioether (sulfide) groups is 2. The molecule has 0 saturated carbocycles. The zero-order valence-corrected chi connectivity index (χ0v) is 66.0. The second-order valence-corrected chi connectivity index (χ2v) is 33.1. The van der Waals surface area contributed by atoms with Gasteiger partial charge >= 0.3 is 0 Å². The van der Waals surface area contributed by atoms with E-state index in [4.69, 9.17) is 11.6 Å². The number of piperazine rings is 2. The molecule has 112 heavy (non-hydrogen) atoms. The minimum Gasteiger partial charge on any atom is -0.379 e. The number of rotatable bonds is 31. The van der Waals surface area contributed by atoms with Gasteiger partial charge in [0.25, 0.3) is 31.4 Å². The molecular formula is C84H86ClN15O8S4. The van der Waals surface area contributed by atoms with Crippen LogP contribution in [0.1, 0.15) is 31.4 Å². The Labute approximate surface area is 666 Å². The van der Waals surface area contributed by atoms with Crippen LogP contribution < -0.4 is 29.9 Å². The van der Waals surface area contributed by atoms with E-state index in [1.165, 1.54) is 64.7 Å². The third kappa shape index (κ3) is 20.7. The molecule has 10 aromatic carbocycles. The van der Waals surface area contributed by atoms with E-state index < -0.39 is 29.9 Å². The Bertz CT molecular complexity index is 5470. The number of nitrogens with zero attached hydrogens (tertiary/aromatic N) is 11. The minimum absolute atomic E-state index is 0.0892. The van der Waals surface area contributed by atoms with Crippen LogP contribution in [0.15, 0.2) is 269 Å². The zero-order valence-electron chi connectivity index (χ0n) is 62.0. The first-order chi connectivity index (χ1) is 54.4. The van der Waals surface area contributed by atoms with Gasteiger partial charge in [-0.3, -0.25) is 39.5 Å². The predicted octanol–water partition coefficient (Wildman–Crippen LogP) is 16.8. The average Bonchev–Trinajstić information content (AvgIpc) is 0.786. The van der Waals surface area contributed by atoms with Crippen LogP contribution in [0.4, 0.5) is 45.8 Å². The van der Waals surface area contributed by atoms with Crippen LogP contribution in [-0.2, 0) is 33.1 Å². The highest BCUT2D eigenvalue weighted by molar-refractivity contribution is 7.99. The lowest BCUT2D eigenvalue weighted by atomic mass is 9.99. The van der Waals surface area contributed by atoms with Crippen LogP contribution in [0.5, 0.6) is 0 Å². The number of nitro groups is 2. The molecule has 2 saturated heterocycles. The number of halogens is 1. The Hall–Kier alpha value is -10.8. The molecule has 2 aromatic heterocycles. The predicted molar refractivity (Wildman–Crippen MR) is 453 cm³/mol. The molecule has 0 aliphatic carbocycles. The molecule has 2 aliphatic rings. The molecule has 12 aromatic rings. The largest absolute Gasteiger partial charge is 0.379 e. The molecule has 0 spiro atoms. The summed E-state index contributed by atoms with van der Waals surface area (Å²) in [4.78, 5) is 54.1. The summed E-state index contributed by atoms with van der Waals surface area (Å²) in [5.74, 6) is 1.53. The fourth-order valence-electron chi connectivity index (χ4n) is 13.7. The van der Waals surface area contributed by atoms with Gasteiger partial charge < -0.3 is 25.3 Å². The molecular weight excluding hydrogens is 1510 g/mol. The smallest absolute Gasteiger partial charge is 0.293 e. The third-order valence-electron chi connectivity index (χ3n) is 19.8. The maximum absolute atomic E-state index is 13.8. The molecule has 2 fully saturated rings. The number of nitro benzene ring substituents is 2. The van der Waals surface area contributed by atoms with Crippen molar-refractivity contribution in [3.63, 3.8) is 0 Å². The second kappa shape index (κ2) is 37.5. The summed E-state index contributed by atoms with van der Waals surface area (Å²) in [5, 5.41) is 32.5. The summed E-state index contributed by atoms with van der Waals surface area (Å²) >= 11 is 9.72. The van der Waals surface area contributed by atoms with Crippen molar-refractivity contribution in [2.75, 3.05) is 120 Å². The first-order valence-electron chi connectivity index (χ1n) is 37.1. The van der Waals surface area contributed by atoms with Gasteiger partial charge in [-0.25, -0.2) is 36.8 Å². The van der Waals surface area contributed by atoms with Crippen LogP contribution in [0, 0.1) is 20.2 Å². The zero-order chi connectivity index (χ0) is 78.0. The Morgan fingerprint density at radius 2 is 1.01 bits per heavy atom. The average molecular weight is 1600 g/mol. The van der Waals surface area contributed by atoms with E-state index in [0.29, 0.717) is 39.9 Å². The fourth-order valence-corrected chi connectivity index (χ4v) is 17.8. The van der Waals surface area contributed by atoms with E-state index in [0.717, 1.165) is 135 Å². The van der Waals surface area contributed by atoms with E-state index in [2.05, 4.69) is 151 Å². The maximum atomic E-state index is 13.8. The second-order valence-electron chi connectivity index (χ2n) is 27.1. The SMILES string of the molecule is CCN(CC)CC[C@H](CSc1ccccc1)Nc1ccc(S(=O)(=O)Nc2ncnc3cc(N4CCN(Cc5cc(Cl)ccc5-c5ccccc5)CC4)ccc23)cc1[N+](=O)[O-].O=[N+]([O-])c1cc(S(=O)(=O)Nc2ncnc3cc(N4CCN(Cc5cccc(-c6ccccc6)c5)CC4)ccc23)ccc1NCCSc1ccccc1. The molecule has 0 amide bonds. The van der Waals surface area contributed by atoms with Crippen molar-refractivity contribution in [1.82, 2.24) is 34.6 Å². The molecule has 14 rings (SSSR count). The quantitative estimate of drug-likeness (QED) is 0.0136. The number of anilines is 6. The Balaban J connectivity index is 0.000000198. The molecule has 4 heterocycles. The molecule has 576 valence electrons. The van der Waals surface area contributed by atoms with Gasteiger partial charge in [0, 0.05) is 145 Å². The molecule has 1 atom stereocenters. The number of nitrogens with one attached hydrogen (secondary N) is 4. The lowest BCUT2D eigenvalue weighted by molar-refractivity contribution is -0.384. The number of fused-ring (bicyclic) bond motifs is 2. The summed E-state index contributed by atoms with van der Waals surface area (Å²) in [7, 11) is -8.49. The minimum atomic E-state index is -4.27. The Morgan fingerprint density at radius 3 is 1.55 bits per heavy atom. The third-order valence-corrected chi connectivity index (χ3v) is 24.9. The van der Waals surface area contributed by atoms with Crippen molar-refractivity contribution in [3.8, 4) is 22.3 Å². The molecule has 2 aliphatic heterocycles. The van der Waals surface area contributed by atoms with Crippen molar-refractivity contribution >= 4 is 123 Å². The Morgan fingerprint density at radius 1 is 0.509 bits per heavy atom. The molecule has 4 N–H and O–H groups in total. The summed E-state index contributed by atoms with van der Waals surface area (Å²) < 4.78 is 59.7. The van der Waals surface area contributed by atoms with Gasteiger partial charge in [0.15, 0.2) is 11.6 Å². The van der Waals surface area contributed by atoms with Gasteiger partial charge in [0.2, 0.25) is 0 Å². The van der Waals surface area contributed by atoms with Crippen LogP contribution in [0.2, 0.25) is 5.02 Å². The van der Waals surface area contributed by atoms with E-state index in [1.807, 2.05) is 127 Å². The first kappa shape index (κ1) is 79.3. The number of sulfonamides is 2. The highest BCUT2D eigenvalue weighted by Gasteiger charge is 2.28. The number of hydrogen-bond acceptors (Lipinski definition) is 21. The van der Waals surface area contributed by atoms with Crippen molar-refractivity contribution < 1.29 is 26.7 Å². The van der Waals surface area contributed by atoms with Gasteiger partial charge in [0.05, 0.1) is 30.7 Å². The number of aromatic nitrogens is 4. The molecule has 23 nitrogen and oxygen atoms in total. The topological polar surface area (TPSA) is 270 Å². The lowest BCUT2D eigenvalue weighted by Crippen LogP contribution is -2.46. The lowest BCUT2D eigenvalue weighted by Gasteiger charge is -2.36. The van der Waals surface area contributed by atoms with Crippen LogP contribution in [0.25, 0.3) is 44.1 Å². The summed E-state index contributed by atoms with van der Waals surface area (Å²) in [5.41, 5.74) is 10.2. The molecule has 28 heteroatoms. The van der Waals surface area contributed by atoms with Gasteiger partial charge in [0.1, 0.15) is 24.0 Å². The van der Waals surface area contributed by atoms with E-state index in [1.54, 1.807) is 23.5 Å². The first-order valence-corrected chi connectivity index (χ1v) is 42.4. The number of hydrogen-bond donors (Lipinski definition) is 4. The van der Waals surface area contributed by atoms with Gasteiger partial charge in [-0.15, -0.1) is 23.5 Å². The van der Waals surface area contributed by atoms with Crippen LogP contribution in [-0.4, -0.2) is 157 Å². The van der Waals surface area contributed by atoms with Gasteiger partial charge in [-0.1, -0.05) is 147 Å². The van der Waals surface area contributed by atoms with Crippen molar-refractivity contribution in [3.05, 3.63) is 286 Å². The highest BCUT2D eigenvalue weighted by Crippen LogP contribution is 2.36. The van der Waals surface area contributed by atoms with Crippen molar-refractivity contribution in [1.29, 1.82) is 0 Å². The van der Waals surface area contributed by atoms with E-state index in [9.17, 15) is 37.1 Å². The molecule has 0 radical (unpaired) electrons. The van der Waals surface area contributed by atoms with Crippen molar-refractivity contribution in [2.45, 2.75) is 59.0 Å². The maximum Gasteiger partial charge on any atom is 0.293 e. The number of benzene rings is 10. The highest BCUT2D eigenvalue weighted by atomic mass is 35.5. The summed E-state index contributed by atoms with van der Waals surface area (Å²) in [6.45, 7) is 15.7. The van der Waals surface area contributed by atoms with E-state index in [-0.39, 0.29) is 50.2 Å². The standard InChI is InChI=1S/C45H49ClN8O4S2.C39H37N7O4S2/c1-3-51(4-2)22-21-36(31-59-38-13-9-6-10-14-38)49-42-20-17-39(29-44(42)54(55)56)60(57,58)50-45-41-19-16-37(28-43(41)47-32-48-45)53-25-23-52(24-26-53)30-34-27-35(46)15-18-40(34)33-11-7-5-8-12-33;47-46(48)38-26-34(15-17-36(38)40-18-23-51-33-12-5-2-6-13-33)52(49,50)43-39-35-16-14-32(25-37(35)41-28-42-39)45-21-19-44(20-22-45)27-29-8-7-11-31(24-29)30-9-3-1-4-10-30/h5-20,27-29,32,36,49H,3-4,21-26,30-31H2,1-2H3,(H,47,48,50);1-17,24-26,28,40H,18-23,27H2,(H,41,42,43)/t36-;/m1./s1. The van der Waals surface area contributed by atoms with Crippen LogP contribution >= 0.6 is 35.1 Å². The fraction of sp³-hybridized carbons (Fsp3) is 0.238. The van der Waals surface area contributed by atoms with E-state index >= 15 is 0 Å². The van der Waals surface area contributed by atoms with Gasteiger partial charge in [-0.05, 0) is 156 Å².